The van der Waals surface area contributed by atoms with Crippen LogP contribution in [0.2, 0.25) is 0 Å². The Morgan fingerprint density at radius 2 is 2.21 bits per heavy atom. The predicted octanol–water partition coefficient (Wildman–Crippen LogP) is -0.601. The summed E-state index contributed by atoms with van der Waals surface area (Å²) in [5.74, 6) is 2.20. The Morgan fingerprint density at radius 3 is 2.79 bits per heavy atom. The highest BCUT2D eigenvalue weighted by atomic mass is 31.2. The van der Waals surface area contributed by atoms with Gasteiger partial charge in [0.05, 0.1) is 6.54 Å². The van der Waals surface area contributed by atoms with Crippen LogP contribution in [0, 0.1) is 12.3 Å². The van der Waals surface area contributed by atoms with Gasteiger partial charge in [0.1, 0.15) is 24.9 Å². The summed E-state index contributed by atoms with van der Waals surface area (Å²) in [6, 6.07) is 1.10. The van der Waals surface area contributed by atoms with Crippen molar-refractivity contribution in [3.05, 3.63) is 33.1 Å². The van der Waals surface area contributed by atoms with Crippen molar-refractivity contribution in [2.45, 2.75) is 31.5 Å². The average Bonchev–Trinajstić information content (AvgIpc) is 3.01. The monoisotopic (exact) mass is 431 g/mol. The molecule has 3 N–H and O–H groups in total. The van der Waals surface area contributed by atoms with Crippen LogP contribution in [-0.2, 0) is 23.3 Å². The van der Waals surface area contributed by atoms with Gasteiger partial charge in [0, 0.05) is 25.5 Å². The van der Waals surface area contributed by atoms with Crippen molar-refractivity contribution in [1.29, 1.82) is 0 Å². The smallest absolute Gasteiger partial charge is 0.407 e. The van der Waals surface area contributed by atoms with Gasteiger partial charge >= 0.3 is 19.4 Å². The number of aromatic nitrogens is 2. The van der Waals surface area contributed by atoms with Gasteiger partial charge < -0.3 is 24.4 Å². The largest absolute Gasteiger partial charge is 0.447 e. The minimum absolute atomic E-state index is 0.0535. The van der Waals surface area contributed by atoms with Crippen LogP contribution < -0.4 is 16.6 Å². The summed E-state index contributed by atoms with van der Waals surface area (Å²) in [6.45, 7) is 1.03. The van der Waals surface area contributed by atoms with E-state index in [1.165, 1.54) is 20.2 Å². The van der Waals surface area contributed by atoms with Crippen LogP contribution in [0.15, 0.2) is 21.9 Å². The highest BCUT2D eigenvalue weighted by molar-refractivity contribution is 7.52. The molecule has 1 amide bonds. The van der Waals surface area contributed by atoms with Crippen LogP contribution >= 0.6 is 7.60 Å². The van der Waals surface area contributed by atoms with Crippen molar-refractivity contribution >= 4 is 13.7 Å². The van der Waals surface area contributed by atoms with Crippen molar-refractivity contribution in [3.8, 4) is 12.3 Å². The van der Waals surface area contributed by atoms with E-state index in [4.69, 9.17) is 25.2 Å². The molecule has 29 heavy (non-hydrogen) atoms. The molecule has 0 saturated carbocycles. The maximum atomic E-state index is 12.1. The van der Waals surface area contributed by atoms with Gasteiger partial charge in [-0.15, -0.1) is 6.42 Å². The molecule has 0 spiro atoms. The third-order valence-electron chi connectivity index (χ3n) is 4.08. The van der Waals surface area contributed by atoms with Gasteiger partial charge in [-0.3, -0.25) is 23.4 Å². The zero-order valence-electron chi connectivity index (χ0n) is 15.8. The van der Waals surface area contributed by atoms with E-state index in [9.17, 15) is 23.8 Å². The third-order valence-corrected chi connectivity index (χ3v) is 5.45. The summed E-state index contributed by atoms with van der Waals surface area (Å²) in [6.07, 6.45) is 0.891. The van der Waals surface area contributed by atoms with E-state index >= 15 is 0 Å². The normalized spacial score (nSPS) is 25.7. The Labute approximate surface area is 165 Å². The Bertz CT molecular complexity index is 921. The van der Waals surface area contributed by atoms with Gasteiger partial charge in [0.25, 0.3) is 5.56 Å². The topological polar surface area (TPSA) is 158 Å². The molecule has 0 aliphatic carbocycles. The van der Waals surface area contributed by atoms with Gasteiger partial charge in [-0.1, -0.05) is 12.8 Å². The van der Waals surface area contributed by atoms with Crippen molar-refractivity contribution in [2.75, 3.05) is 26.4 Å². The first-order valence-corrected chi connectivity index (χ1v) is 10.3. The first-order valence-electron chi connectivity index (χ1n) is 8.56. The number of amides is 1. The molecule has 5 atom stereocenters. The fraction of sp³-hybridized carbons (Fsp3) is 0.562. The van der Waals surface area contributed by atoms with E-state index in [-0.39, 0.29) is 19.3 Å². The number of alkyl carbamates (subject to hydrolysis) is 1. The molecule has 2 unspecified atom stereocenters. The fourth-order valence-electron chi connectivity index (χ4n) is 2.67. The summed E-state index contributed by atoms with van der Waals surface area (Å²) in [4.78, 5) is 47.1. The Morgan fingerprint density at radius 1 is 1.48 bits per heavy atom. The van der Waals surface area contributed by atoms with E-state index in [2.05, 4.69) is 16.2 Å². The lowest BCUT2D eigenvalue weighted by molar-refractivity contribution is -0.0637. The summed E-state index contributed by atoms with van der Waals surface area (Å²) < 4.78 is 34.6. The van der Waals surface area contributed by atoms with Crippen LogP contribution in [0.1, 0.15) is 13.2 Å². The molecule has 0 bridgehead atoms. The van der Waals surface area contributed by atoms with E-state index in [0.29, 0.717) is 0 Å². The molecule has 2 rings (SSSR count). The second kappa shape index (κ2) is 9.87. The van der Waals surface area contributed by atoms with Gasteiger partial charge in [0.2, 0.25) is 0 Å². The Balaban J connectivity index is 2.29. The summed E-state index contributed by atoms with van der Waals surface area (Å²) in [5, 5.41) is 2.29. The number of hydrogen-bond donors (Lipinski definition) is 3. The maximum absolute atomic E-state index is 12.1. The number of ether oxygens (including phenoxy) is 3. The van der Waals surface area contributed by atoms with Crippen LogP contribution in [0.25, 0.3) is 0 Å². The van der Waals surface area contributed by atoms with Crippen LogP contribution in [0.4, 0.5) is 4.79 Å². The Hall–Kier alpha value is -2.42. The molecule has 1 fully saturated rings. The van der Waals surface area contributed by atoms with E-state index in [0.717, 1.165) is 10.6 Å². The summed E-state index contributed by atoms with van der Waals surface area (Å²) in [5.41, 5.74) is -1.39. The number of aromatic amines is 1. The molecular formula is C16H22N3O9P. The number of nitrogens with one attached hydrogen (secondary N) is 2. The number of carbonyl (C=O) groups is 1. The molecular weight excluding hydrogens is 409 g/mol. The molecule has 12 nitrogen and oxygen atoms in total. The van der Waals surface area contributed by atoms with Crippen molar-refractivity contribution < 1.29 is 33.0 Å². The first kappa shape index (κ1) is 22.9. The fourth-order valence-corrected chi connectivity index (χ4v) is 3.45. The van der Waals surface area contributed by atoms with Gasteiger partial charge in [-0.25, -0.2) is 9.59 Å². The first-order chi connectivity index (χ1) is 13.7. The summed E-state index contributed by atoms with van der Waals surface area (Å²) >= 11 is 0. The number of rotatable bonds is 8. The SMILES string of the molecule is C#CCNC(=O)OC[C@H]1O[C@@H](n2ccc(=O)[nH]c2=O)[C@@H](OC)C1OP(=O)(O)CC. The number of H-pyrrole nitrogens is 1. The highest BCUT2D eigenvalue weighted by Crippen LogP contribution is 2.47. The molecule has 1 aliphatic heterocycles. The number of methoxy groups -OCH3 is 1. The van der Waals surface area contributed by atoms with Crippen molar-refractivity contribution in [2.24, 2.45) is 0 Å². The average molecular weight is 431 g/mol. The number of carbonyl (C=O) groups excluding carboxylic acids is 1. The van der Waals surface area contributed by atoms with Crippen molar-refractivity contribution in [3.63, 3.8) is 0 Å². The molecule has 1 aromatic rings. The predicted molar refractivity (Wildman–Crippen MR) is 99.5 cm³/mol. The Kier molecular flexibility index (Phi) is 7.78. The molecule has 13 heteroatoms. The molecule has 0 radical (unpaired) electrons. The number of hydrogen-bond acceptors (Lipinski definition) is 8. The van der Waals surface area contributed by atoms with Gasteiger partial charge in [0.15, 0.2) is 6.23 Å². The molecule has 1 aliphatic rings. The second-order valence-corrected chi connectivity index (χ2v) is 8.08. The minimum atomic E-state index is -4.00. The molecule has 2 heterocycles. The summed E-state index contributed by atoms with van der Waals surface area (Å²) in [7, 11) is -2.70. The standard InChI is InChI=1S/C16H22N3O9P/c1-4-7-17-16(22)26-9-10-12(28-29(23,24)5-2)13(25-3)14(27-10)19-8-6-11(20)18-15(19)21/h1,6,8,10,12-14H,5,7,9H2,2-3H3,(H,17,22)(H,23,24)(H,18,20,21)/t10-,12?,13+,14-/m1/s1. The second-order valence-electron chi connectivity index (χ2n) is 5.96. The minimum Gasteiger partial charge on any atom is -0.447 e. The molecule has 1 aromatic heterocycles. The van der Waals surface area contributed by atoms with Crippen LogP contribution in [0.5, 0.6) is 0 Å². The highest BCUT2D eigenvalue weighted by Gasteiger charge is 2.50. The molecule has 0 aromatic carbocycles. The molecule has 1 saturated heterocycles. The van der Waals surface area contributed by atoms with Gasteiger partial charge in [-0.2, -0.15) is 0 Å². The van der Waals surface area contributed by atoms with Crippen molar-refractivity contribution in [1.82, 2.24) is 14.9 Å². The zero-order valence-corrected chi connectivity index (χ0v) is 16.7. The third kappa shape index (κ3) is 5.79. The zero-order chi connectivity index (χ0) is 21.6. The van der Waals surface area contributed by atoms with E-state index in [1.54, 1.807) is 0 Å². The number of terminal acetylenes is 1. The quantitative estimate of drug-likeness (QED) is 0.361. The molecule has 160 valence electrons. The van der Waals surface area contributed by atoms with Gasteiger partial charge in [-0.05, 0) is 0 Å². The lowest BCUT2D eigenvalue weighted by Gasteiger charge is -2.25. The lowest BCUT2D eigenvalue weighted by atomic mass is 10.1. The van der Waals surface area contributed by atoms with Crippen LogP contribution in [0.3, 0.4) is 0 Å². The maximum Gasteiger partial charge on any atom is 0.407 e. The van der Waals surface area contributed by atoms with E-state index in [1.807, 2.05) is 0 Å². The van der Waals surface area contributed by atoms with Crippen LogP contribution in [-0.4, -0.2) is 65.3 Å². The lowest BCUT2D eigenvalue weighted by Crippen LogP contribution is -2.40. The van der Waals surface area contributed by atoms with E-state index < -0.39 is 49.5 Å². The number of nitrogens with zero attached hydrogens (tertiary/aromatic N) is 1.